The molecule has 0 radical (unpaired) electrons. The van der Waals surface area contributed by atoms with E-state index < -0.39 is 11.7 Å². The van der Waals surface area contributed by atoms with E-state index in [0.29, 0.717) is 23.5 Å². The van der Waals surface area contributed by atoms with Crippen LogP contribution in [0.1, 0.15) is 58.8 Å². The Balaban J connectivity index is 1.52. The Bertz CT molecular complexity index is 1070. The van der Waals surface area contributed by atoms with E-state index >= 15 is 0 Å². The minimum atomic E-state index is -4.38. The van der Waals surface area contributed by atoms with Crippen LogP contribution in [0.2, 0.25) is 0 Å². The van der Waals surface area contributed by atoms with E-state index in [1.54, 1.807) is 24.5 Å². The Morgan fingerprint density at radius 1 is 1.06 bits per heavy atom. The van der Waals surface area contributed by atoms with Gasteiger partial charge in [-0.15, -0.1) is 0 Å². The molecule has 6 nitrogen and oxygen atoms in total. The second-order valence-corrected chi connectivity index (χ2v) is 7.71. The first-order chi connectivity index (χ1) is 15.4. The fourth-order valence-corrected chi connectivity index (χ4v) is 3.85. The minimum Gasteiger partial charge on any atom is -0.287 e. The van der Waals surface area contributed by atoms with Crippen LogP contribution in [0.4, 0.5) is 13.2 Å². The summed E-state index contributed by atoms with van der Waals surface area (Å²) in [5.74, 6) is 0.351. The molecule has 1 aromatic carbocycles. The third-order valence-corrected chi connectivity index (χ3v) is 5.51. The third-order valence-electron chi connectivity index (χ3n) is 5.51. The molecule has 2 aromatic heterocycles. The fraction of sp³-hybridized carbons (Fsp3) is 0.304. The summed E-state index contributed by atoms with van der Waals surface area (Å²) in [6.07, 6.45) is 4.57. The van der Waals surface area contributed by atoms with Crippen molar-refractivity contribution in [3.63, 3.8) is 0 Å². The lowest BCUT2D eigenvalue weighted by Crippen LogP contribution is -2.37. The van der Waals surface area contributed by atoms with Crippen molar-refractivity contribution in [1.82, 2.24) is 25.8 Å². The van der Waals surface area contributed by atoms with Gasteiger partial charge in [0.25, 0.3) is 5.91 Å². The Morgan fingerprint density at radius 3 is 2.47 bits per heavy atom. The van der Waals surface area contributed by atoms with Gasteiger partial charge in [-0.1, -0.05) is 25.0 Å². The van der Waals surface area contributed by atoms with E-state index in [-0.39, 0.29) is 11.8 Å². The molecule has 32 heavy (non-hydrogen) atoms. The number of nitrogens with one attached hydrogen (secondary N) is 2. The first kappa shape index (κ1) is 21.9. The van der Waals surface area contributed by atoms with Crippen LogP contribution in [0.3, 0.4) is 0 Å². The number of nitrogens with zero attached hydrogens (tertiary/aromatic N) is 3. The van der Waals surface area contributed by atoms with Crippen molar-refractivity contribution in [3.05, 3.63) is 77.4 Å². The topological polar surface area (TPSA) is 79.8 Å². The predicted octanol–water partition coefficient (Wildman–Crippen LogP) is 4.65. The SMILES string of the molecule is O=C(NNCc1cnc(-c2ccc(C(F)(F)F)cc2)nc1C1CCCC1)c1cccnc1. The highest BCUT2D eigenvalue weighted by atomic mass is 19.4. The van der Waals surface area contributed by atoms with Gasteiger partial charge in [0, 0.05) is 42.2 Å². The minimum absolute atomic E-state index is 0.261. The lowest BCUT2D eigenvalue weighted by Gasteiger charge is -2.16. The van der Waals surface area contributed by atoms with E-state index in [0.717, 1.165) is 49.1 Å². The van der Waals surface area contributed by atoms with Crippen molar-refractivity contribution in [2.24, 2.45) is 0 Å². The molecule has 166 valence electrons. The molecule has 2 heterocycles. The van der Waals surface area contributed by atoms with Crippen molar-refractivity contribution in [2.45, 2.75) is 44.3 Å². The number of halogens is 3. The van der Waals surface area contributed by atoms with Gasteiger partial charge in [0.15, 0.2) is 5.82 Å². The Labute approximate surface area is 183 Å². The molecule has 4 rings (SSSR count). The van der Waals surface area contributed by atoms with Gasteiger partial charge >= 0.3 is 6.18 Å². The number of carbonyl (C=O) groups is 1. The van der Waals surface area contributed by atoms with E-state index in [2.05, 4.69) is 20.8 Å². The molecule has 1 aliphatic carbocycles. The summed E-state index contributed by atoms with van der Waals surface area (Å²) in [5, 5.41) is 0. The largest absolute Gasteiger partial charge is 0.416 e. The summed E-state index contributed by atoms with van der Waals surface area (Å²) in [5.41, 5.74) is 7.53. The zero-order valence-electron chi connectivity index (χ0n) is 17.2. The number of aromatic nitrogens is 3. The molecule has 1 amide bonds. The number of alkyl halides is 3. The molecule has 0 spiro atoms. The molecule has 0 saturated heterocycles. The molecule has 0 aliphatic heterocycles. The first-order valence-electron chi connectivity index (χ1n) is 10.4. The first-order valence-corrected chi connectivity index (χ1v) is 10.4. The van der Waals surface area contributed by atoms with E-state index in [9.17, 15) is 18.0 Å². The van der Waals surface area contributed by atoms with Crippen molar-refractivity contribution in [2.75, 3.05) is 0 Å². The van der Waals surface area contributed by atoms with Gasteiger partial charge in [0.2, 0.25) is 0 Å². The second-order valence-electron chi connectivity index (χ2n) is 7.71. The van der Waals surface area contributed by atoms with Crippen LogP contribution in [-0.2, 0) is 12.7 Å². The maximum absolute atomic E-state index is 12.9. The van der Waals surface area contributed by atoms with Crippen LogP contribution in [0.15, 0.2) is 55.0 Å². The zero-order chi connectivity index (χ0) is 22.6. The van der Waals surface area contributed by atoms with Gasteiger partial charge < -0.3 is 0 Å². The van der Waals surface area contributed by atoms with Crippen LogP contribution in [-0.4, -0.2) is 20.9 Å². The Kier molecular flexibility index (Phi) is 6.45. The van der Waals surface area contributed by atoms with E-state index in [1.165, 1.54) is 18.3 Å². The quantitative estimate of drug-likeness (QED) is 0.545. The zero-order valence-corrected chi connectivity index (χ0v) is 17.2. The number of benzene rings is 1. The summed E-state index contributed by atoms with van der Waals surface area (Å²) in [6.45, 7) is 0.325. The van der Waals surface area contributed by atoms with Crippen LogP contribution in [0.25, 0.3) is 11.4 Å². The van der Waals surface area contributed by atoms with Crippen molar-refractivity contribution >= 4 is 5.91 Å². The van der Waals surface area contributed by atoms with Gasteiger partial charge in [0.1, 0.15) is 0 Å². The lowest BCUT2D eigenvalue weighted by atomic mass is 9.99. The molecular weight excluding hydrogens is 419 g/mol. The average molecular weight is 441 g/mol. The smallest absolute Gasteiger partial charge is 0.287 e. The number of hydrogen-bond acceptors (Lipinski definition) is 5. The normalized spacial score (nSPS) is 14.5. The highest BCUT2D eigenvalue weighted by Gasteiger charge is 2.30. The summed E-state index contributed by atoms with van der Waals surface area (Å²) in [7, 11) is 0. The average Bonchev–Trinajstić information content (AvgIpc) is 3.34. The van der Waals surface area contributed by atoms with Gasteiger partial charge in [-0.3, -0.25) is 15.2 Å². The van der Waals surface area contributed by atoms with Crippen molar-refractivity contribution in [3.8, 4) is 11.4 Å². The molecule has 0 bridgehead atoms. The maximum atomic E-state index is 12.9. The standard InChI is InChI=1S/C23H22F3N5O/c24-23(25,26)19-9-7-16(8-10-19)21-28-13-18(20(30-21)15-4-1-2-5-15)14-29-31-22(32)17-6-3-11-27-12-17/h3,6-13,15,29H,1-2,4-5,14H2,(H,31,32). The van der Waals surface area contributed by atoms with Gasteiger partial charge in [-0.2, -0.15) is 13.2 Å². The number of carbonyl (C=O) groups excluding carboxylic acids is 1. The van der Waals surface area contributed by atoms with Crippen LogP contribution < -0.4 is 10.9 Å². The second kappa shape index (κ2) is 9.44. The van der Waals surface area contributed by atoms with Gasteiger partial charge in [0.05, 0.1) is 16.8 Å². The number of pyridine rings is 1. The Morgan fingerprint density at radius 2 is 1.81 bits per heavy atom. The van der Waals surface area contributed by atoms with Crippen molar-refractivity contribution in [1.29, 1.82) is 0 Å². The molecule has 0 atom stereocenters. The molecular formula is C23H22F3N5O. The number of hydrogen-bond donors (Lipinski definition) is 2. The molecule has 1 aliphatic rings. The van der Waals surface area contributed by atoms with Crippen LogP contribution in [0.5, 0.6) is 0 Å². The highest BCUT2D eigenvalue weighted by molar-refractivity contribution is 5.93. The predicted molar refractivity (Wildman–Crippen MR) is 112 cm³/mol. The number of amides is 1. The van der Waals surface area contributed by atoms with Gasteiger partial charge in [-0.05, 0) is 37.1 Å². The number of rotatable bonds is 6. The Hall–Kier alpha value is -3.33. The fourth-order valence-electron chi connectivity index (χ4n) is 3.85. The van der Waals surface area contributed by atoms with E-state index in [4.69, 9.17) is 4.98 Å². The molecule has 9 heteroatoms. The third kappa shape index (κ3) is 5.11. The molecule has 0 unspecified atom stereocenters. The summed E-state index contributed by atoms with van der Waals surface area (Å²) < 4.78 is 38.6. The molecule has 3 aromatic rings. The van der Waals surface area contributed by atoms with Crippen LogP contribution in [0, 0.1) is 0 Å². The van der Waals surface area contributed by atoms with Gasteiger partial charge in [-0.25, -0.2) is 15.4 Å². The van der Waals surface area contributed by atoms with Crippen LogP contribution >= 0.6 is 0 Å². The molecule has 1 fully saturated rings. The monoisotopic (exact) mass is 441 g/mol. The number of hydrazine groups is 1. The molecule has 2 N–H and O–H groups in total. The highest BCUT2D eigenvalue weighted by Crippen LogP contribution is 2.36. The lowest BCUT2D eigenvalue weighted by molar-refractivity contribution is -0.137. The summed E-state index contributed by atoms with van der Waals surface area (Å²) in [4.78, 5) is 25.2. The van der Waals surface area contributed by atoms with E-state index in [1.807, 2.05) is 0 Å². The maximum Gasteiger partial charge on any atom is 0.416 e. The summed E-state index contributed by atoms with van der Waals surface area (Å²) >= 11 is 0. The molecule has 1 saturated carbocycles. The summed E-state index contributed by atoms with van der Waals surface area (Å²) in [6, 6.07) is 8.21. The van der Waals surface area contributed by atoms with Crippen molar-refractivity contribution < 1.29 is 18.0 Å².